The zero-order chi connectivity index (χ0) is 22.0. The molecular formula is C22H31N5O4. The van der Waals surface area contributed by atoms with Crippen LogP contribution < -0.4 is 4.90 Å². The largest absolute Gasteiger partial charge is 0.362 e. The van der Waals surface area contributed by atoms with Gasteiger partial charge in [0, 0.05) is 63.9 Å². The highest BCUT2D eigenvalue weighted by Crippen LogP contribution is 2.31. The molecule has 0 unspecified atom stereocenters. The molecule has 0 bridgehead atoms. The second kappa shape index (κ2) is 9.21. The molecule has 0 radical (unpaired) electrons. The average Bonchev–Trinajstić information content (AvgIpc) is 3.33. The molecule has 0 aromatic heterocycles. The van der Waals surface area contributed by atoms with E-state index >= 15 is 0 Å². The van der Waals surface area contributed by atoms with Crippen LogP contribution in [0, 0.1) is 10.1 Å². The van der Waals surface area contributed by atoms with Crippen molar-refractivity contribution in [2.24, 2.45) is 0 Å². The van der Waals surface area contributed by atoms with Gasteiger partial charge in [0.25, 0.3) is 11.6 Å². The van der Waals surface area contributed by atoms with Crippen LogP contribution in [-0.2, 0) is 4.79 Å². The van der Waals surface area contributed by atoms with Crippen molar-refractivity contribution in [1.29, 1.82) is 0 Å². The molecule has 2 amide bonds. The molecule has 1 aromatic rings. The van der Waals surface area contributed by atoms with Gasteiger partial charge in [-0.1, -0.05) is 0 Å². The molecule has 9 heteroatoms. The lowest BCUT2D eigenvalue weighted by molar-refractivity contribution is -0.384. The number of likely N-dealkylation sites (tertiary alicyclic amines) is 2. The molecule has 0 aliphatic carbocycles. The Hall–Kier alpha value is -2.68. The number of nitro groups is 1. The summed E-state index contributed by atoms with van der Waals surface area (Å²) in [5, 5.41) is 11.8. The van der Waals surface area contributed by atoms with Crippen LogP contribution in [0.25, 0.3) is 0 Å². The first-order valence-corrected chi connectivity index (χ1v) is 11.3. The maximum atomic E-state index is 13.0. The van der Waals surface area contributed by atoms with Gasteiger partial charge in [-0.05, 0) is 50.9 Å². The highest BCUT2D eigenvalue weighted by atomic mass is 16.6. The second-order valence-electron chi connectivity index (χ2n) is 8.72. The summed E-state index contributed by atoms with van der Waals surface area (Å²) in [6.07, 6.45) is 4.45. The van der Waals surface area contributed by atoms with Gasteiger partial charge in [0.05, 0.1) is 4.92 Å². The molecule has 1 aromatic carbocycles. The van der Waals surface area contributed by atoms with Crippen molar-refractivity contribution in [2.75, 3.05) is 57.3 Å². The quantitative estimate of drug-likeness (QED) is 0.537. The number of nitro benzene ring substituents is 1. The first-order chi connectivity index (χ1) is 14.9. The third kappa shape index (κ3) is 4.66. The molecule has 4 rings (SSSR count). The van der Waals surface area contributed by atoms with E-state index in [9.17, 15) is 19.7 Å². The van der Waals surface area contributed by atoms with Gasteiger partial charge in [-0.25, -0.2) is 0 Å². The van der Waals surface area contributed by atoms with Crippen LogP contribution >= 0.6 is 0 Å². The lowest BCUT2D eigenvalue weighted by atomic mass is 10.0. The summed E-state index contributed by atoms with van der Waals surface area (Å²) < 4.78 is 0. The third-order valence-electron chi connectivity index (χ3n) is 6.89. The summed E-state index contributed by atoms with van der Waals surface area (Å²) >= 11 is 0. The molecular weight excluding hydrogens is 398 g/mol. The predicted octanol–water partition coefficient (Wildman–Crippen LogP) is 1.96. The topological polar surface area (TPSA) is 90.2 Å². The first-order valence-electron chi connectivity index (χ1n) is 11.3. The van der Waals surface area contributed by atoms with Crippen molar-refractivity contribution in [3.8, 4) is 0 Å². The summed E-state index contributed by atoms with van der Waals surface area (Å²) in [5.74, 6) is -0.112. The standard InChI is InChI=1S/C22H31N5O4/c1-17(28)23-12-14-25(15-13-23)20-5-4-18(16-21(20)27(30)31)22(29)26-10-6-19(7-11-26)24-8-2-3-9-24/h4-5,16,19H,2-3,6-15H2,1H3. The molecule has 3 heterocycles. The SMILES string of the molecule is CC(=O)N1CCN(c2ccc(C(=O)N3CCC(N4CCCC4)CC3)cc2[N+](=O)[O-])CC1. The fourth-order valence-electron chi connectivity index (χ4n) is 5.06. The van der Waals surface area contributed by atoms with Gasteiger partial charge in [0.1, 0.15) is 5.69 Å². The van der Waals surface area contributed by atoms with E-state index in [-0.39, 0.29) is 17.5 Å². The fourth-order valence-corrected chi connectivity index (χ4v) is 5.06. The minimum atomic E-state index is -0.414. The van der Waals surface area contributed by atoms with E-state index in [1.807, 2.05) is 9.80 Å². The molecule has 168 valence electrons. The third-order valence-corrected chi connectivity index (χ3v) is 6.89. The number of hydrogen-bond acceptors (Lipinski definition) is 6. The monoisotopic (exact) mass is 429 g/mol. The zero-order valence-electron chi connectivity index (χ0n) is 18.2. The summed E-state index contributed by atoms with van der Waals surface area (Å²) in [4.78, 5) is 44.0. The Morgan fingerprint density at radius 1 is 0.935 bits per heavy atom. The fraction of sp³-hybridized carbons (Fsp3) is 0.636. The highest BCUT2D eigenvalue weighted by molar-refractivity contribution is 5.96. The summed E-state index contributed by atoms with van der Waals surface area (Å²) in [6.45, 7) is 7.41. The number of carbonyl (C=O) groups excluding carboxylic acids is 2. The Morgan fingerprint density at radius 2 is 1.58 bits per heavy atom. The number of anilines is 1. The van der Waals surface area contributed by atoms with Gasteiger partial charge in [-0.3, -0.25) is 19.7 Å². The van der Waals surface area contributed by atoms with Crippen molar-refractivity contribution < 1.29 is 14.5 Å². The van der Waals surface area contributed by atoms with E-state index < -0.39 is 4.92 Å². The van der Waals surface area contributed by atoms with Crippen molar-refractivity contribution in [3.05, 3.63) is 33.9 Å². The molecule has 3 fully saturated rings. The van der Waals surface area contributed by atoms with E-state index in [0.717, 1.165) is 25.9 Å². The van der Waals surface area contributed by atoms with Crippen LogP contribution in [0.4, 0.5) is 11.4 Å². The van der Waals surface area contributed by atoms with Crippen LogP contribution in [-0.4, -0.2) is 89.8 Å². The van der Waals surface area contributed by atoms with Crippen LogP contribution in [0.2, 0.25) is 0 Å². The lowest BCUT2D eigenvalue weighted by Gasteiger charge is -2.37. The van der Waals surface area contributed by atoms with E-state index in [2.05, 4.69) is 4.90 Å². The number of rotatable bonds is 4. The lowest BCUT2D eigenvalue weighted by Crippen LogP contribution is -2.48. The smallest absolute Gasteiger partial charge is 0.293 e. The van der Waals surface area contributed by atoms with Gasteiger partial charge < -0.3 is 19.6 Å². The highest BCUT2D eigenvalue weighted by Gasteiger charge is 2.30. The maximum absolute atomic E-state index is 13.0. The van der Waals surface area contributed by atoms with Crippen molar-refractivity contribution >= 4 is 23.2 Å². The Labute approximate surface area is 182 Å². The molecule has 0 atom stereocenters. The molecule has 0 N–H and O–H groups in total. The molecule has 0 spiro atoms. The first kappa shape index (κ1) is 21.5. The Kier molecular flexibility index (Phi) is 6.41. The molecule has 0 saturated carbocycles. The van der Waals surface area contributed by atoms with E-state index in [1.54, 1.807) is 17.0 Å². The number of piperidine rings is 1. The number of hydrogen-bond donors (Lipinski definition) is 0. The normalized spacial score (nSPS) is 20.9. The van der Waals surface area contributed by atoms with Crippen molar-refractivity contribution in [1.82, 2.24) is 14.7 Å². The summed E-state index contributed by atoms with van der Waals surface area (Å²) in [7, 11) is 0. The maximum Gasteiger partial charge on any atom is 0.293 e. The molecule has 3 aliphatic heterocycles. The van der Waals surface area contributed by atoms with E-state index in [1.165, 1.54) is 25.8 Å². The Balaban J connectivity index is 1.43. The van der Waals surface area contributed by atoms with Crippen molar-refractivity contribution in [2.45, 2.75) is 38.6 Å². The van der Waals surface area contributed by atoms with Crippen LogP contribution in [0.15, 0.2) is 18.2 Å². The zero-order valence-corrected chi connectivity index (χ0v) is 18.2. The number of nitrogens with zero attached hydrogens (tertiary/aromatic N) is 5. The molecule has 3 aliphatic rings. The van der Waals surface area contributed by atoms with E-state index in [4.69, 9.17) is 0 Å². The minimum absolute atomic E-state index is 0.0172. The van der Waals surface area contributed by atoms with Gasteiger partial charge >= 0.3 is 0 Å². The average molecular weight is 430 g/mol. The van der Waals surface area contributed by atoms with Crippen LogP contribution in [0.3, 0.4) is 0 Å². The second-order valence-corrected chi connectivity index (χ2v) is 8.72. The summed E-state index contributed by atoms with van der Waals surface area (Å²) in [6, 6.07) is 5.36. The van der Waals surface area contributed by atoms with Gasteiger partial charge in [0.2, 0.25) is 5.91 Å². The molecule has 31 heavy (non-hydrogen) atoms. The Morgan fingerprint density at radius 3 is 2.16 bits per heavy atom. The molecule has 9 nitrogen and oxygen atoms in total. The van der Waals surface area contributed by atoms with E-state index in [0.29, 0.717) is 56.6 Å². The number of amides is 2. The number of benzene rings is 1. The minimum Gasteiger partial charge on any atom is -0.362 e. The summed E-state index contributed by atoms with van der Waals surface area (Å²) in [5.41, 5.74) is 0.837. The molecule has 3 saturated heterocycles. The van der Waals surface area contributed by atoms with Gasteiger partial charge in [0.15, 0.2) is 0 Å². The van der Waals surface area contributed by atoms with Crippen molar-refractivity contribution in [3.63, 3.8) is 0 Å². The van der Waals surface area contributed by atoms with Gasteiger partial charge in [-0.2, -0.15) is 0 Å². The number of piperazine rings is 1. The van der Waals surface area contributed by atoms with Crippen LogP contribution in [0.1, 0.15) is 43.0 Å². The van der Waals surface area contributed by atoms with Gasteiger partial charge in [-0.15, -0.1) is 0 Å². The number of carbonyl (C=O) groups is 2. The predicted molar refractivity (Wildman–Crippen MR) is 117 cm³/mol. The Bertz CT molecular complexity index is 838. The van der Waals surface area contributed by atoms with Crippen LogP contribution in [0.5, 0.6) is 0 Å².